The molecule has 1 unspecified atom stereocenters. The van der Waals surface area contributed by atoms with Crippen LogP contribution in [0, 0.1) is 6.92 Å². The molecule has 18 heavy (non-hydrogen) atoms. The Hall–Kier alpha value is -1.06. The minimum atomic E-state index is 0.660. The van der Waals surface area contributed by atoms with E-state index in [-0.39, 0.29) is 0 Å². The molecule has 1 aliphatic heterocycles. The maximum atomic E-state index is 3.25. The zero-order valence-electron chi connectivity index (χ0n) is 11.8. The second kappa shape index (κ2) is 6.21. The summed E-state index contributed by atoms with van der Waals surface area (Å²) in [5.41, 5.74) is 2.70. The Morgan fingerprint density at radius 2 is 1.94 bits per heavy atom. The molecule has 1 saturated heterocycles. The Morgan fingerprint density at radius 1 is 1.22 bits per heavy atom. The molecule has 0 radical (unpaired) electrons. The fraction of sp³-hybridized carbons (Fsp3) is 0.600. The molecule has 1 N–H and O–H groups in total. The molecule has 1 aliphatic rings. The Balaban J connectivity index is 2.00. The zero-order valence-corrected chi connectivity index (χ0v) is 11.8. The van der Waals surface area contributed by atoms with Crippen LogP contribution in [0.3, 0.4) is 0 Å². The van der Waals surface area contributed by atoms with Gasteiger partial charge in [0.15, 0.2) is 0 Å². The van der Waals surface area contributed by atoms with E-state index in [9.17, 15) is 0 Å². The van der Waals surface area contributed by atoms with Gasteiger partial charge < -0.3 is 10.2 Å². The lowest BCUT2D eigenvalue weighted by Gasteiger charge is -2.40. The van der Waals surface area contributed by atoms with Gasteiger partial charge in [0.25, 0.3) is 0 Å². The van der Waals surface area contributed by atoms with E-state index in [0.717, 1.165) is 26.2 Å². The molecule has 0 amide bonds. The number of likely N-dealkylation sites (N-methyl/N-ethyl adjacent to an activating group) is 1. The summed E-state index contributed by atoms with van der Waals surface area (Å²) in [5, 5.41) is 3.25. The lowest BCUT2D eigenvalue weighted by atomic mass is 10.1. The van der Waals surface area contributed by atoms with E-state index in [1.165, 1.54) is 17.7 Å². The van der Waals surface area contributed by atoms with Crippen LogP contribution < -0.4 is 10.2 Å². The van der Waals surface area contributed by atoms with E-state index < -0.39 is 0 Å². The predicted octanol–water partition coefficient (Wildman–Crippen LogP) is 1.72. The summed E-state index contributed by atoms with van der Waals surface area (Å²) in [6, 6.07) is 9.56. The van der Waals surface area contributed by atoms with Crippen molar-refractivity contribution in [2.24, 2.45) is 0 Å². The molecule has 2 rings (SSSR count). The fourth-order valence-electron chi connectivity index (χ4n) is 2.56. The molecule has 0 spiro atoms. The van der Waals surface area contributed by atoms with Gasteiger partial charge in [-0.05, 0) is 46.1 Å². The molecule has 0 aromatic heterocycles. The summed E-state index contributed by atoms with van der Waals surface area (Å²) >= 11 is 0. The SMILES string of the molecule is CNCCC1CN(c2ccc(C)cc2)CCN1C. The molecule has 1 atom stereocenters. The van der Waals surface area contributed by atoms with Gasteiger partial charge >= 0.3 is 0 Å². The summed E-state index contributed by atoms with van der Waals surface area (Å²) < 4.78 is 0. The van der Waals surface area contributed by atoms with Crippen molar-refractivity contribution < 1.29 is 0 Å². The van der Waals surface area contributed by atoms with E-state index in [4.69, 9.17) is 0 Å². The van der Waals surface area contributed by atoms with E-state index in [0.29, 0.717) is 6.04 Å². The van der Waals surface area contributed by atoms with Crippen molar-refractivity contribution in [1.82, 2.24) is 10.2 Å². The quantitative estimate of drug-likeness (QED) is 0.874. The number of aryl methyl sites for hydroxylation is 1. The summed E-state index contributed by atoms with van der Waals surface area (Å²) in [7, 11) is 4.27. The third-order valence-corrected chi connectivity index (χ3v) is 3.90. The monoisotopic (exact) mass is 247 g/mol. The van der Waals surface area contributed by atoms with Crippen LogP contribution in [0.15, 0.2) is 24.3 Å². The van der Waals surface area contributed by atoms with E-state index >= 15 is 0 Å². The minimum Gasteiger partial charge on any atom is -0.369 e. The van der Waals surface area contributed by atoms with E-state index in [2.05, 4.69) is 53.4 Å². The van der Waals surface area contributed by atoms with Gasteiger partial charge in [-0.3, -0.25) is 4.90 Å². The van der Waals surface area contributed by atoms with Gasteiger partial charge in [0.05, 0.1) is 0 Å². The molecular weight excluding hydrogens is 222 g/mol. The van der Waals surface area contributed by atoms with Crippen molar-refractivity contribution in [2.45, 2.75) is 19.4 Å². The first kappa shape index (κ1) is 13.4. The maximum Gasteiger partial charge on any atom is 0.0367 e. The van der Waals surface area contributed by atoms with Crippen molar-refractivity contribution in [3.8, 4) is 0 Å². The van der Waals surface area contributed by atoms with Gasteiger partial charge in [-0.1, -0.05) is 17.7 Å². The summed E-state index contributed by atoms with van der Waals surface area (Å²) in [4.78, 5) is 5.00. The molecular formula is C15H25N3. The van der Waals surface area contributed by atoms with Gasteiger partial charge in [0, 0.05) is 31.4 Å². The molecule has 3 heteroatoms. The van der Waals surface area contributed by atoms with Crippen LogP contribution in [0.1, 0.15) is 12.0 Å². The first-order valence-corrected chi connectivity index (χ1v) is 6.87. The third-order valence-electron chi connectivity index (χ3n) is 3.90. The third kappa shape index (κ3) is 3.24. The Kier molecular flexibility index (Phi) is 4.61. The standard InChI is InChI=1S/C15H25N3/c1-13-4-6-14(7-5-13)18-11-10-17(3)15(12-18)8-9-16-2/h4-7,15-16H,8-12H2,1-3H3. The summed E-state index contributed by atoms with van der Waals surface area (Å²) in [6.07, 6.45) is 1.22. The van der Waals surface area contributed by atoms with Gasteiger partial charge in [-0.15, -0.1) is 0 Å². The second-order valence-electron chi connectivity index (χ2n) is 5.31. The summed E-state index contributed by atoms with van der Waals surface area (Å²) in [6.45, 7) is 6.67. The average Bonchev–Trinajstić information content (AvgIpc) is 2.39. The number of rotatable bonds is 4. The Labute approximate surface area is 111 Å². The summed E-state index contributed by atoms with van der Waals surface area (Å²) in [5.74, 6) is 0. The molecule has 100 valence electrons. The molecule has 0 aliphatic carbocycles. The number of benzene rings is 1. The smallest absolute Gasteiger partial charge is 0.0367 e. The molecule has 1 fully saturated rings. The maximum absolute atomic E-state index is 3.25. The lowest BCUT2D eigenvalue weighted by Crippen LogP contribution is -2.52. The number of nitrogens with one attached hydrogen (secondary N) is 1. The van der Waals surface area contributed by atoms with Crippen molar-refractivity contribution in [1.29, 1.82) is 0 Å². The fourth-order valence-corrected chi connectivity index (χ4v) is 2.56. The van der Waals surface area contributed by atoms with Crippen LogP contribution >= 0.6 is 0 Å². The van der Waals surface area contributed by atoms with Crippen LogP contribution in [-0.4, -0.2) is 51.2 Å². The Morgan fingerprint density at radius 3 is 2.61 bits per heavy atom. The van der Waals surface area contributed by atoms with Crippen LogP contribution in [0.25, 0.3) is 0 Å². The number of piperazine rings is 1. The Bertz CT molecular complexity index is 361. The number of anilines is 1. The second-order valence-corrected chi connectivity index (χ2v) is 5.31. The van der Waals surface area contributed by atoms with Crippen LogP contribution in [-0.2, 0) is 0 Å². The molecule has 3 nitrogen and oxygen atoms in total. The normalized spacial score (nSPS) is 21.3. The zero-order chi connectivity index (χ0) is 13.0. The molecule has 1 heterocycles. The van der Waals surface area contributed by atoms with Crippen LogP contribution in [0.2, 0.25) is 0 Å². The van der Waals surface area contributed by atoms with Crippen LogP contribution in [0.4, 0.5) is 5.69 Å². The van der Waals surface area contributed by atoms with Crippen molar-refractivity contribution >= 4 is 5.69 Å². The minimum absolute atomic E-state index is 0.660. The molecule has 1 aromatic carbocycles. The molecule has 1 aromatic rings. The van der Waals surface area contributed by atoms with Gasteiger partial charge in [-0.25, -0.2) is 0 Å². The topological polar surface area (TPSA) is 18.5 Å². The first-order chi connectivity index (χ1) is 8.70. The highest BCUT2D eigenvalue weighted by atomic mass is 15.3. The predicted molar refractivity (Wildman–Crippen MR) is 78.4 cm³/mol. The lowest BCUT2D eigenvalue weighted by molar-refractivity contribution is 0.208. The number of nitrogens with zero attached hydrogens (tertiary/aromatic N) is 2. The number of hydrogen-bond donors (Lipinski definition) is 1. The first-order valence-electron chi connectivity index (χ1n) is 6.87. The molecule has 0 saturated carbocycles. The molecule has 0 bridgehead atoms. The highest BCUT2D eigenvalue weighted by molar-refractivity contribution is 5.48. The van der Waals surface area contributed by atoms with Gasteiger partial charge in [0.1, 0.15) is 0 Å². The van der Waals surface area contributed by atoms with Crippen LogP contribution in [0.5, 0.6) is 0 Å². The number of hydrogen-bond acceptors (Lipinski definition) is 3. The van der Waals surface area contributed by atoms with Gasteiger partial charge in [-0.2, -0.15) is 0 Å². The van der Waals surface area contributed by atoms with Crippen molar-refractivity contribution in [2.75, 3.05) is 45.2 Å². The van der Waals surface area contributed by atoms with Crippen molar-refractivity contribution in [3.63, 3.8) is 0 Å². The largest absolute Gasteiger partial charge is 0.369 e. The van der Waals surface area contributed by atoms with Crippen molar-refractivity contribution in [3.05, 3.63) is 29.8 Å². The van der Waals surface area contributed by atoms with E-state index in [1.54, 1.807) is 0 Å². The van der Waals surface area contributed by atoms with Gasteiger partial charge in [0.2, 0.25) is 0 Å². The highest BCUT2D eigenvalue weighted by Gasteiger charge is 2.23. The average molecular weight is 247 g/mol. The highest BCUT2D eigenvalue weighted by Crippen LogP contribution is 2.20. The van der Waals surface area contributed by atoms with E-state index in [1.807, 2.05) is 7.05 Å².